The summed E-state index contributed by atoms with van der Waals surface area (Å²) in [6.45, 7) is 2.17. The zero-order valence-corrected chi connectivity index (χ0v) is 21.6. The van der Waals surface area contributed by atoms with E-state index >= 15 is 0 Å². The second-order valence-corrected chi connectivity index (χ2v) is 9.85. The maximum Gasteiger partial charge on any atom is 0.311 e. The van der Waals surface area contributed by atoms with E-state index in [4.69, 9.17) is 9.47 Å². The zero-order chi connectivity index (χ0) is 25.8. The van der Waals surface area contributed by atoms with Gasteiger partial charge >= 0.3 is 5.97 Å². The SMILES string of the molecule is CCCCCCCC(=O)Oc1ccc([C@H]2Nc3ccc4ncccc4c3C3=C2C(=O)CCC3)cc1OC. The quantitative estimate of drug-likeness (QED) is 0.191. The normalized spacial score (nSPS) is 16.7. The number of esters is 1. The van der Waals surface area contributed by atoms with Crippen LogP contribution in [-0.2, 0) is 9.59 Å². The first-order valence-electron chi connectivity index (χ1n) is 13.4. The van der Waals surface area contributed by atoms with Gasteiger partial charge in [-0.15, -0.1) is 0 Å². The van der Waals surface area contributed by atoms with Crippen molar-refractivity contribution >= 4 is 33.9 Å². The van der Waals surface area contributed by atoms with Crippen molar-refractivity contribution in [3.8, 4) is 11.5 Å². The average Bonchev–Trinajstić information content (AvgIpc) is 2.92. The Hall–Kier alpha value is -3.67. The Kier molecular flexibility index (Phi) is 7.54. The van der Waals surface area contributed by atoms with Gasteiger partial charge in [-0.3, -0.25) is 14.6 Å². The zero-order valence-electron chi connectivity index (χ0n) is 21.6. The number of Topliss-reactive ketones (excluding diaryl/α,β-unsaturated/α-hetero) is 1. The standard InChI is InChI=1S/C31H34N2O4/c1-3-4-5-6-7-13-28(35)37-26-17-14-20(19-27(26)36-2)31-30-22(10-8-12-25(30)34)29-21-11-9-18-32-23(21)15-16-24(29)33-31/h9,11,14-19,31,33H,3-8,10,12-13H2,1-2H3/t31-/m1/s1. The number of rotatable bonds is 9. The number of aromatic nitrogens is 1. The lowest BCUT2D eigenvalue weighted by Crippen LogP contribution is -2.27. The molecule has 1 aliphatic carbocycles. The molecule has 37 heavy (non-hydrogen) atoms. The number of ketones is 1. The van der Waals surface area contributed by atoms with Crippen molar-refractivity contribution in [3.05, 3.63) is 65.4 Å². The molecule has 6 nitrogen and oxygen atoms in total. The van der Waals surface area contributed by atoms with Gasteiger partial charge in [0.2, 0.25) is 0 Å². The fourth-order valence-electron chi connectivity index (χ4n) is 5.53. The van der Waals surface area contributed by atoms with E-state index in [0.717, 1.165) is 71.0 Å². The third-order valence-corrected chi connectivity index (χ3v) is 7.36. The molecule has 0 fully saturated rings. The van der Waals surface area contributed by atoms with Gasteiger partial charge in [0.15, 0.2) is 17.3 Å². The molecule has 1 atom stereocenters. The number of carbonyl (C=O) groups is 2. The first-order valence-corrected chi connectivity index (χ1v) is 13.4. The highest BCUT2D eigenvalue weighted by Crippen LogP contribution is 2.48. The molecule has 1 aliphatic heterocycles. The fourth-order valence-corrected chi connectivity index (χ4v) is 5.53. The summed E-state index contributed by atoms with van der Waals surface area (Å²) >= 11 is 0. The average molecular weight is 499 g/mol. The maximum absolute atomic E-state index is 13.3. The lowest BCUT2D eigenvalue weighted by atomic mass is 9.77. The summed E-state index contributed by atoms with van der Waals surface area (Å²) in [4.78, 5) is 30.2. The van der Waals surface area contributed by atoms with E-state index in [2.05, 4.69) is 29.4 Å². The van der Waals surface area contributed by atoms with E-state index in [1.54, 1.807) is 19.4 Å². The summed E-state index contributed by atoms with van der Waals surface area (Å²) < 4.78 is 11.3. The molecule has 0 radical (unpaired) electrons. The Morgan fingerprint density at radius 2 is 1.92 bits per heavy atom. The molecule has 0 saturated carbocycles. The summed E-state index contributed by atoms with van der Waals surface area (Å²) in [7, 11) is 1.57. The van der Waals surface area contributed by atoms with Crippen LogP contribution in [0.15, 0.2) is 54.2 Å². The first kappa shape index (κ1) is 25.0. The fraction of sp³-hybridized carbons (Fsp3) is 0.387. The highest BCUT2D eigenvalue weighted by Gasteiger charge is 2.35. The molecule has 6 heteroatoms. The minimum absolute atomic E-state index is 0.169. The van der Waals surface area contributed by atoms with Crippen LogP contribution in [0.5, 0.6) is 11.5 Å². The van der Waals surface area contributed by atoms with E-state index < -0.39 is 0 Å². The van der Waals surface area contributed by atoms with Crippen LogP contribution in [0.4, 0.5) is 5.69 Å². The van der Waals surface area contributed by atoms with Crippen LogP contribution in [-0.4, -0.2) is 23.8 Å². The van der Waals surface area contributed by atoms with Crippen molar-refractivity contribution < 1.29 is 19.1 Å². The van der Waals surface area contributed by atoms with E-state index in [-0.39, 0.29) is 17.8 Å². The predicted molar refractivity (Wildman–Crippen MR) is 146 cm³/mol. The van der Waals surface area contributed by atoms with Gasteiger partial charge in [-0.1, -0.05) is 44.7 Å². The number of methoxy groups -OCH3 is 1. The van der Waals surface area contributed by atoms with E-state index in [1.165, 1.54) is 12.8 Å². The lowest BCUT2D eigenvalue weighted by molar-refractivity contribution is -0.134. The Morgan fingerprint density at radius 3 is 2.76 bits per heavy atom. The number of nitrogens with one attached hydrogen (secondary N) is 1. The largest absolute Gasteiger partial charge is 0.493 e. The van der Waals surface area contributed by atoms with Crippen LogP contribution in [0, 0.1) is 0 Å². The van der Waals surface area contributed by atoms with Gasteiger partial charge < -0.3 is 14.8 Å². The van der Waals surface area contributed by atoms with Gasteiger partial charge in [0.05, 0.1) is 18.7 Å². The van der Waals surface area contributed by atoms with Crippen molar-refractivity contribution in [1.82, 2.24) is 4.98 Å². The Bertz CT molecular complexity index is 1360. The Morgan fingerprint density at radius 1 is 1.05 bits per heavy atom. The molecule has 3 aromatic rings. The van der Waals surface area contributed by atoms with Crippen LogP contribution in [0.2, 0.25) is 0 Å². The predicted octanol–water partition coefficient (Wildman–Crippen LogP) is 7.18. The number of unbranched alkanes of at least 4 members (excludes halogenated alkanes) is 4. The first-order chi connectivity index (χ1) is 18.1. The minimum atomic E-state index is -0.304. The van der Waals surface area contributed by atoms with Gasteiger partial charge in [0.25, 0.3) is 0 Å². The monoisotopic (exact) mass is 498 g/mol. The number of hydrogen-bond donors (Lipinski definition) is 1. The number of anilines is 1. The lowest BCUT2D eigenvalue weighted by Gasteiger charge is -2.35. The number of allylic oxidation sites excluding steroid dienone is 1. The molecule has 0 saturated heterocycles. The van der Waals surface area contributed by atoms with Gasteiger partial charge in [0.1, 0.15) is 0 Å². The van der Waals surface area contributed by atoms with E-state index in [1.807, 2.05) is 24.3 Å². The van der Waals surface area contributed by atoms with Crippen molar-refractivity contribution in [2.45, 2.75) is 70.8 Å². The van der Waals surface area contributed by atoms with Gasteiger partial charge in [-0.25, -0.2) is 0 Å². The van der Waals surface area contributed by atoms with Crippen LogP contribution >= 0.6 is 0 Å². The third-order valence-electron chi connectivity index (χ3n) is 7.36. The molecule has 192 valence electrons. The molecule has 0 bridgehead atoms. The summed E-state index contributed by atoms with van der Waals surface area (Å²) in [5.41, 5.74) is 5.82. The molecule has 0 spiro atoms. The van der Waals surface area contributed by atoms with Crippen molar-refractivity contribution in [3.63, 3.8) is 0 Å². The number of pyridine rings is 1. The van der Waals surface area contributed by atoms with Gasteiger partial charge in [-0.05, 0) is 60.7 Å². The van der Waals surface area contributed by atoms with Crippen molar-refractivity contribution in [2.75, 3.05) is 12.4 Å². The number of nitrogens with zero attached hydrogens (tertiary/aromatic N) is 1. The maximum atomic E-state index is 13.3. The molecular weight excluding hydrogens is 464 g/mol. The molecule has 2 aromatic carbocycles. The molecule has 2 aliphatic rings. The number of carbonyl (C=O) groups excluding carboxylic acids is 2. The van der Waals surface area contributed by atoms with Crippen molar-refractivity contribution in [2.24, 2.45) is 0 Å². The number of hydrogen-bond acceptors (Lipinski definition) is 6. The highest BCUT2D eigenvalue weighted by molar-refractivity contribution is 6.12. The molecule has 1 aromatic heterocycles. The second kappa shape index (κ2) is 11.2. The van der Waals surface area contributed by atoms with Gasteiger partial charge in [-0.2, -0.15) is 0 Å². The molecule has 2 heterocycles. The summed E-state index contributed by atoms with van der Waals surface area (Å²) in [5, 5.41) is 4.68. The summed E-state index contributed by atoms with van der Waals surface area (Å²) in [5.74, 6) is 0.808. The van der Waals surface area contributed by atoms with E-state index in [9.17, 15) is 9.59 Å². The van der Waals surface area contributed by atoms with E-state index in [0.29, 0.717) is 24.3 Å². The van der Waals surface area contributed by atoms with Crippen LogP contribution in [0.1, 0.15) is 81.9 Å². The van der Waals surface area contributed by atoms with Crippen LogP contribution < -0.4 is 14.8 Å². The topological polar surface area (TPSA) is 77.5 Å². The van der Waals surface area contributed by atoms with Crippen LogP contribution in [0.3, 0.4) is 0 Å². The van der Waals surface area contributed by atoms with Crippen molar-refractivity contribution in [1.29, 1.82) is 0 Å². The molecule has 0 unspecified atom stereocenters. The number of benzene rings is 2. The third kappa shape index (κ3) is 5.10. The highest BCUT2D eigenvalue weighted by atomic mass is 16.6. The smallest absolute Gasteiger partial charge is 0.311 e. The number of fused-ring (bicyclic) bond motifs is 4. The summed E-state index contributed by atoms with van der Waals surface area (Å²) in [6.07, 6.45) is 9.79. The number of ether oxygens (including phenoxy) is 2. The molecule has 0 amide bonds. The summed E-state index contributed by atoms with van der Waals surface area (Å²) in [6, 6.07) is 13.3. The van der Waals surface area contributed by atoms with Crippen LogP contribution in [0.25, 0.3) is 16.5 Å². The van der Waals surface area contributed by atoms with Gasteiger partial charge in [0, 0.05) is 41.2 Å². The molecule has 1 N–H and O–H groups in total. The Balaban J connectivity index is 1.44. The molecule has 5 rings (SSSR count). The minimum Gasteiger partial charge on any atom is -0.493 e. The molecular formula is C31H34N2O4. The second-order valence-electron chi connectivity index (χ2n) is 9.85. The Labute approximate surface area is 218 Å².